The van der Waals surface area contributed by atoms with Gasteiger partial charge in [0, 0.05) is 56.7 Å². The molecule has 0 unspecified atom stereocenters. The van der Waals surface area contributed by atoms with Crippen LogP contribution in [0, 0.1) is 6.07 Å². The quantitative estimate of drug-likeness (QED) is 0.430. The van der Waals surface area contributed by atoms with Crippen LogP contribution in [0.2, 0.25) is 0 Å². The summed E-state index contributed by atoms with van der Waals surface area (Å²) in [4.78, 5) is 13.0. The Labute approximate surface area is 128 Å². The van der Waals surface area contributed by atoms with Crippen LogP contribution >= 0.6 is 0 Å². The van der Waals surface area contributed by atoms with Gasteiger partial charge in [0.15, 0.2) is 5.82 Å². The molecule has 0 amide bonds. The van der Waals surface area contributed by atoms with Gasteiger partial charge in [0.1, 0.15) is 0 Å². The van der Waals surface area contributed by atoms with Crippen molar-refractivity contribution >= 4 is 16.4 Å². The fraction of sp³-hybridized carbons (Fsp3) is 0. The number of rotatable bonds is 1. The SMILES string of the molecule is [Ir].[c-]1cccc2c(-c3ncccn3)cn3ccnc3c12. The third-order valence-electron chi connectivity index (χ3n) is 3.11. The Morgan fingerprint density at radius 3 is 2.70 bits per heavy atom. The first-order valence-electron chi connectivity index (χ1n) is 5.97. The Kier molecular flexibility index (Phi) is 3.30. The van der Waals surface area contributed by atoms with Crippen LogP contribution in [0.25, 0.3) is 27.8 Å². The van der Waals surface area contributed by atoms with Gasteiger partial charge < -0.3 is 4.40 Å². The topological polar surface area (TPSA) is 43.1 Å². The van der Waals surface area contributed by atoms with Gasteiger partial charge in [-0.2, -0.15) is 0 Å². The summed E-state index contributed by atoms with van der Waals surface area (Å²) in [7, 11) is 0. The minimum Gasteiger partial charge on any atom is -0.346 e. The monoisotopic (exact) mass is 438 g/mol. The molecule has 0 N–H and O–H groups in total. The van der Waals surface area contributed by atoms with Gasteiger partial charge in [-0.1, -0.05) is 5.39 Å². The average molecular weight is 437 g/mol. The van der Waals surface area contributed by atoms with Crippen molar-refractivity contribution in [2.75, 3.05) is 0 Å². The summed E-state index contributed by atoms with van der Waals surface area (Å²) in [6.07, 6.45) is 9.21. The molecule has 3 heterocycles. The number of fused-ring (bicyclic) bond motifs is 3. The summed E-state index contributed by atoms with van der Waals surface area (Å²) in [5.74, 6) is 0.711. The molecule has 1 radical (unpaired) electrons. The van der Waals surface area contributed by atoms with Crippen LogP contribution in [0.3, 0.4) is 0 Å². The Bertz CT molecular complexity index is 871. The van der Waals surface area contributed by atoms with Crippen molar-refractivity contribution in [2.45, 2.75) is 0 Å². The second-order valence-corrected chi connectivity index (χ2v) is 4.23. The van der Waals surface area contributed by atoms with Crippen molar-refractivity contribution in [1.29, 1.82) is 0 Å². The van der Waals surface area contributed by atoms with Crippen LogP contribution in [-0.4, -0.2) is 19.4 Å². The maximum Gasteiger partial charge on any atom is 0.151 e. The van der Waals surface area contributed by atoms with E-state index in [0.717, 1.165) is 22.0 Å². The smallest absolute Gasteiger partial charge is 0.151 e. The van der Waals surface area contributed by atoms with E-state index in [1.807, 2.05) is 41.1 Å². The van der Waals surface area contributed by atoms with E-state index >= 15 is 0 Å². The number of hydrogen-bond acceptors (Lipinski definition) is 3. The fourth-order valence-electron chi connectivity index (χ4n) is 2.28. The Hall–Kier alpha value is -2.10. The van der Waals surface area contributed by atoms with Crippen molar-refractivity contribution in [3.05, 3.63) is 61.3 Å². The van der Waals surface area contributed by atoms with Crippen LogP contribution in [-0.2, 0) is 20.1 Å². The van der Waals surface area contributed by atoms with E-state index in [4.69, 9.17) is 0 Å². The molecule has 0 saturated carbocycles. The van der Waals surface area contributed by atoms with Gasteiger partial charge in [-0.3, -0.25) is 4.98 Å². The first-order valence-corrected chi connectivity index (χ1v) is 5.97. The largest absolute Gasteiger partial charge is 0.346 e. The molecule has 0 spiro atoms. The molecule has 0 bridgehead atoms. The van der Waals surface area contributed by atoms with Crippen molar-refractivity contribution in [2.24, 2.45) is 0 Å². The van der Waals surface area contributed by atoms with E-state index in [2.05, 4.69) is 21.0 Å². The first kappa shape index (κ1) is 12.9. The summed E-state index contributed by atoms with van der Waals surface area (Å²) >= 11 is 0. The van der Waals surface area contributed by atoms with E-state index in [1.165, 1.54) is 0 Å². The molecular weight excluding hydrogens is 428 g/mol. The van der Waals surface area contributed by atoms with Crippen molar-refractivity contribution < 1.29 is 20.1 Å². The van der Waals surface area contributed by atoms with Gasteiger partial charge in [-0.05, 0) is 6.07 Å². The second kappa shape index (κ2) is 5.12. The van der Waals surface area contributed by atoms with Gasteiger partial charge >= 0.3 is 0 Å². The van der Waals surface area contributed by atoms with E-state index < -0.39 is 0 Å². The predicted molar refractivity (Wildman–Crippen MR) is 72.6 cm³/mol. The van der Waals surface area contributed by atoms with Crippen molar-refractivity contribution in [3.63, 3.8) is 0 Å². The molecule has 4 aromatic rings. The molecule has 0 aliphatic rings. The molecule has 20 heavy (non-hydrogen) atoms. The van der Waals surface area contributed by atoms with Gasteiger partial charge in [0.25, 0.3) is 0 Å². The maximum atomic E-state index is 4.37. The van der Waals surface area contributed by atoms with E-state index in [9.17, 15) is 0 Å². The first-order chi connectivity index (χ1) is 9.43. The number of aromatic nitrogens is 4. The molecule has 4 rings (SSSR count). The summed E-state index contributed by atoms with van der Waals surface area (Å²) in [6.45, 7) is 0. The van der Waals surface area contributed by atoms with Crippen LogP contribution in [0.1, 0.15) is 0 Å². The number of hydrogen-bond donors (Lipinski definition) is 0. The van der Waals surface area contributed by atoms with Gasteiger partial charge in [-0.15, -0.1) is 29.7 Å². The summed E-state index contributed by atoms with van der Waals surface area (Å²) in [6, 6.07) is 11.0. The molecule has 5 heteroatoms. The Balaban J connectivity index is 0.00000121. The molecule has 0 atom stereocenters. The number of pyridine rings is 1. The Morgan fingerprint density at radius 2 is 1.85 bits per heavy atom. The predicted octanol–water partition coefficient (Wildman–Crippen LogP) is 2.74. The van der Waals surface area contributed by atoms with Crippen LogP contribution in [0.4, 0.5) is 0 Å². The maximum absolute atomic E-state index is 4.37. The van der Waals surface area contributed by atoms with E-state index in [-0.39, 0.29) is 20.1 Å². The number of imidazole rings is 1. The fourth-order valence-corrected chi connectivity index (χ4v) is 2.28. The molecule has 1 aromatic carbocycles. The molecular formula is C15H9IrN4-. The molecule has 0 aliphatic carbocycles. The van der Waals surface area contributed by atoms with Crippen molar-refractivity contribution in [3.8, 4) is 11.4 Å². The van der Waals surface area contributed by atoms with Gasteiger partial charge in [-0.25, -0.2) is 9.97 Å². The minimum atomic E-state index is 0. The van der Waals surface area contributed by atoms with Crippen molar-refractivity contribution in [1.82, 2.24) is 19.4 Å². The van der Waals surface area contributed by atoms with Gasteiger partial charge in [0.2, 0.25) is 0 Å². The zero-order chi connectivity index (χ0) is 12.7. The second-order valence-electron chi connectivity index (χ2n) is 4.23. The zero-order valence-electron chi connectivity index (χ0n) is 10.3. The summed E-state index contributed by atoms with van der Waals surface area (Å²) < 4.78 is 1.98. The summed E-state index contributed by atoms with van der Waals surface area (Å²) in [5, 5.41) is 2.05. The standard InChI is InChI=1S/C15H9N4.Ir/c1-2-5-12-11(4-1)13(14-16-6-3-7-17-14)10-19-9-8-18-15(12)19;/h1-4,6-10H;/q-1;. The summed E-state index contributed by atoms with van der Waals surface area (Å²) in [5.41, 5.74) is 1.88. The third kappa shape index (κ3) is 1.92. The van der Waals surface area contributed by atoms with Gasteiger partial charge in [0.05, 0.1) is 5.65 Å². The molecule has 99 valence electrons. The van der Waals surface area contributed by atoms with E-state index in [0.29, 0.717) is 5.82 Å². The molecule has 3 aromatic heterocycles. The van der Waals surface area contributed by atoms with Crippen LogP contribution in [0.15, 0.2) is 55.2 Å². The third-order valence-corrected chi connectivity index (χ3v) is 3.11. The molecule has 0 aliphatic heterocycles. The van der Waals surface area contributed by atoms with E-state index in [1.54, 1.807) is 18.6 Å². The number of benzene rings is 1. The normalized spacial score (nSPS) is 10.6. The molecule has 0 saturated heterocycles. The minimum absolute atomic E-state index is 0. The zero-order valence-corrected chi connectivity index (χ0v) is 12.7. The molecule has 4 nitrogen and oxygen atoms in total. The molecule has 0 fully saturated rings. The van der Waals surface area contributed by atoms with Crippen LogP contribution in [0.5, 0.6) is 0 Å². The average Bonchev–Trinajstić information content (AvgIpc) is 2.96. The number of nitrogens with zero attached hydrogens (tertiary/aromatic N) is 4. The van der Waals surface area contributed by atoms with Crippen LogP contribution < -0.4 is 0 Å². The Morgan fingerprint density at radius 1 is 1.00 bits per heavy atom.